The molecule has 0 aliphatic carbocycles. The van der Waals surface area contributed by atoms with E-state index < -0.39 is 12.7 Å². The number of nitrogens with zero attached hydrogens (tertiary/aromatic N) is 2. The summed E-state index contributed by atoms with van der Waals surface area (Å²) in [6, 6.07) is 7.83. The standard InChI is InChI=1S/C18H29F3N4O/c1-4-22-17(23-11-7-13-25(2)14-18(19,20)21)24-12-10-15-8-5-6-9-16(15)26-3/h5-6,8-9H,4,7,10-14H2,1-3H3,(H2,22,23,24). The van der Waals surface area contributed by atoms with Gasteiger partial charge in [-0.3, -0.25) is 9.89 Å². The van der Waals surface area contributed by atoms with Crippen LogP contribution in [0.3, 0.4) is 0 Å². The van der Waals surface area contributed by atoms with Crippen molar-refractivity contribution in [3.05, 3.63) is 29.8 Å². The maximum Gasteiger partial charge on any atom is 0.401 e. The second kappa shape index (κ2) is 11.6. The highest BCUT2D eigenvalue weighted by Crippen LogP contribution is 2.17. The molecule has 5 nitrogen and oxygen atoms in total. The van der Waals surface area contributed by atoms with Crippen LogP contribution in [0.15, 0.2) is 29.3 Å². The lowest BCUT2D eigenvalue weighted by Gasteiger charge is -2.18. The van der Waals surface area contributed by atoms with E-state index in [1.54, 1.807) is 7.11 Å². The van der Waals surface area contributed by atoms with Crippen molar-refractivity contribution >= 4 is 5.96 Å². The largest absolute Gasteiger partial charge is 0.496 e. The van der Waals surface area contributed by atoms with Crippen molar-refractivity contribution in [2.24, 2.45) is 4.99 Å². The normalized spacial score (nSPS) is 12.3. The Kier molecular flexibility index (Phi) is 9.87. The number of alkyl halides is 3. The molecule has 0 atom stereocenters. The minimum absolute atomic E-state index is 0.351. The minimum atomic E-state index is -4.16. The molecule has 0 aliphatic rings. The Labute approximate surface area is 153 Å². The molecule has 148 valence electrons. The number of para-hydroxylation sites is 1. The molecule has 0 heterocycles. The van der Waals surface area contributed by atoms with Crippen LogP contribution >= 0.6 is 0 Å². The van der Waals surface area contributed by atoms with E-state index in [-0.39, 0.29) is 0 Å². The van der Waals surface area contributed by atoms with Crippen molar-refractivity contribution in [1.29, 1.82) is 0 Å². The van der Waals surface area contributed by atoms with Gasteiger partial charge in [-0.15, -0.1) is 0 Å². The van der Waals surface area contributed by atoms with Gasteiger partial charge in [0.2, 0.25) is 0 Å². The fourth-order valence-corrected chi connectivity index (χ4v) is 2.48. The first-order valence-electron chi connectivity index (χ1n) is 8.75. The van der Waals surface area contributed by atoms with Crippen LogP contribution in [-0.2, 0) is 6.42 Å². The van der Waals surface area contributed by atoms with Crippen LogP contribution in [0.1, 0.15) is 18.9 Å². The van der Waals surface area contributed by atoms with Gasteiger partial charge in [0.15, 0.2) is 5.96 Å². The lowest BCUT2D eigenvalue weighted by atomic mass is 10.1. The zero-order valence-corrected chi connectivity index (χ0v) is 15.7. The Bertz CT molecular complexity index is 549. The molecule has 1 aromatic rings. The lowest BCUT2D eigenvalue weighted by Crippen LogP contribution is -2.38. The zero-order valence-electron chi connectivity index (χ0n) is 15.7. The van der Waals surface area contributed by atoms with Gasteiger partial charge in [-0.1, -0.05) is 18.2 Å². The maximum atomic E-state index is 12.3. The maximum absolute atomic E-state index is 12.3. The summed E-state index contributed by atoms with van der Waals surface area (Å²) < 4.78 is 42.2. The van der Waals surface area contributed by atoms with E-state index in [1.807, 2.05) is 31.2 Å². The first-order chi connectivity index (χ1) is 12.4. The van der Waals surface area contributed by atoms with Crippen LogP contribution in [0.5, 0.6) is 5.75 Å². The molecule has 0 bridgehead atoms. The van der Waals surface area contributed by atoms with Gasteiger partial charge < -0.3 is 15.4 Å². The number of ether oxygens (including phenoxy) is 1. The molecule has 0 unspecified atom stereocenters. The zero-order chi connectivity index (χ0) is 19.4. The van der Waals surface area contributed by atoms with Crippen molar-refractivity contribution < 1.29 is 17.9 Å². The smallest absolute Gasteiger partial charge is 0.401 e. The number of halogens is 3. The number of hydrogen-bond acceptors (Lipinski definition) is 3. The highest BCUT2D eigenvalue weighted by atomic mass is 19.4. The van der Waals surface area contributed by atoms with Crippen LogP contribution in [0, 0.1) is 0 Å². The molecule has 0 radical (unpaired) electrons. The van der Waals surface area contributed by atoms with E-state index >= 15 is 0 Å². The van der Waals surface area contributed by atoms with Crippen LogP contribution in [-0.4, -0.2) is 63.9 Å². The number of nitrogens with one attached hydrogen (secondary N) is 2. The van der Waals surface area contributed by atoms with E-state index in [4.69, 9.17) is 4.74 Å². The second-order valence-electron chi connectivity index (χ2n) is 5.96. The molecule has 26 heavy (non-hydrogen) atoms. The molecular formula is C18H29F3N4O. The van der Waals surface area contributed by atoms with Crippen LogP contribution in [0.2, 0.25) is 0 Å². The van der Waals surface area contributed by atoms with E-state index in [1.165, 1.54) is 11.9 Å². The highest BCUT2D eigenvalue weighted by Gasteiger charge is 2.28. The van der Waals surface area contributed by atoms with E-state index in [0.29, 0.717) is 38.6 Å². The third-order valence-electron chi connectivity index (χ3n) is 3.64. The van der Waals surface area contributed by atoms with Gasteiger partial charge in [-0.2, -0.15) is 13.2 Å². The van der Waals surface area contributed by atoms with Crippen molar-refractivity contribution in [3.8, 4) is 5.75 Å². The number of hydrogen-bond donors (Lipinski definition) is 2. The molecule has 0 spiro atoms. The summed E-state index contributed by atoms with van der Waals surface area (Å²) in [6.45, 7) is 3.28. The van der Waals surface area contributed by atoms with Crippen LogP contribution < -0.4 is 15.4 Å². The first-order valence-corrected chi connectivity index (χ1v) is 8.75. The fraction of sp³-hybridized carbons (Fsp3) is 0.611. The number of aliphatic imine (C=N–C) groups is 1. The number of methoxy groups -OCH3 is 1. The number of guanidine groups is 1. The quantitative estimate of drug-likeness (QED) is 0.376. The van der Waals surface area contributed by atoms with Gasteiger partial charge in [0, 0.05) is 19.6 Å². The lowest BCUT2D eigenvalue weighted by molar-refractivity contribution is -0.143. The molecule has 1 rings (SSSR count). The predicted molar refractivity (Wildman–Crippen MR) is 98.8 cm³/mol. The van der Waals surface area contributed by atoms with Gasteiger partial charge in [0.25, 0.3) is 0 Å². The molecule has 0 saturated heterocycles. The van der Waals surface area contributed by atoms with E-state index in [0.717, 1.165) is 17.7 Å². The summed E-state index contributed by atoms with van der Waals surface area (Å²) in [5, 5.41) is 6.37. The van der Waals surface area contributed by atoms with Crippen molar-refractivity contribution in [1.82, 2.24) is 15.5 Å². The summed E-state index contributed by atoms with van der Waals surface area (Å²) in [5.41, 5.74) is 1.10. The summed E-state index contributed by atoms with van der Waals surface area (Å²) in [5.74, 6) is 1.52. The average Bonchev–Trinajstić information content (AvgIpc) is 2.57. The highest BCUT2D eigenvalue weighted by molar-refractivity contribution is 5.79. The molecular weight excluding hydrogens is 345 g/mol. The molecule has 1 aromatic carbocycles. The third kappa shape index (κ3) is 9.50. The summed E-state index contributed by atoms with van der Waals surface area (Å²) in [7, 11) is 3.11. The molecule has 0 aromatic heterocycles. The Morgan fingerprint density at radius 1 is 1.23 bits per heavy atom. The summed E-state index contributed by atoms with van der Waals surface area (Å²) in [6.07, 6.45) is -2.81. The molecule has 2 N–H and O–H groups in total. The Hall–Kier alpha value is -1.96. The van der Waals surface area contributed by atoms with Crippen LogP contribution in [0.4, 0.5) is 13.2 Å². The first kappa shape index (κ1) is 22.1. The molecule has 0 aliphatic heterocycles. The topological polar surface area (TPSA) is 48.9 Å². The molecule has 0 fully saturated rings. The summed E-state index contributed by atoms with van der Waals surface area (Å²) in [4.78, 5) is 5.67. The van der Waals surface area contributed by atoms with Gasteiger partial charge >= 0.3 is 6.18 Å². The Morgan fingerprint density at radius 3 is 2.62 bits per heavy atom. The monoisotopic (exact) mass is 374 g/mol. The molecule has 0 amide bonds. The average molecular weight is 374 g/mol. The van der Waals surface area contributed by atoms with Gasteiger partial charge in [-0.25, -0.2) is 0 Å². The van der Waals surface area contributed by atoms with Crippen molar-refractivity contribution in [2.45, 2.75) is 25.9 Å². The van der Waals surface area contributed by atoms with E-state index in [2.05, 4.69) is 15.6 Å². The van der Waals surface area contributed by atoms with Crippen molar-refractivity contribution in [2.75, 3.05) is 46.9 Å². The van der Waals surface area contributed by atoms with Crippen LogP contribution in [0.25, 0.3) is 0 Å². The van der Waals surface area contributed by atoms with Gasteiger partial charge in [0.1, 0.15) is 5.75 Å². The summed E-state index contributed by atoms with van der Waals surface area (Å²) >= 11 is 0. The second-order valence-corrected chi connectivity index (χ2v) is 5.96. The van der Waals surface area contributed by atoms with Gasteiger partial charge in [0.05, 0.1) is 13.7 Å². The third-order valence-corrected chi connectivity index (χ3v) is 3.64. The SMILES string of the molecule is CCNC(=NCCCN(C)CC(F)(F)F)NCCc1ccccc1OC. The molecule has 8 heteroatoms. The Balaban J connectivity index is 2.39. The minimum Gasteiger partial charge on any atom is -0.496 e. The number of benzene rings is 1. The molecule has 0 saturated carbocycles. The fourth-order valence-electron chi connectivity index (χ4n) is 2.48. The Morgan fingerprint density at radius 2 is 1.96 bits per heavy atom. The number of rotatable bonds is 10. The van der Waals surface area contributed by atoms with Crippen molar-refractivity contribution in [3.63, 3.8) is 0 Å². The van der Waals surface area contributed by atoms with Gasteiger partial charge in [-0.05, 0) is 45.0 Å². The van der Waals surface area contributed by atoms with E-state index in [9.17, 15) is 13.2 Å². The predicted octanol–water partition coefficient (Wildman–Crippen LogP) is 2.68.